The first-order valence-electron chi connectivity index (χ1n) is 8.53. The van der Waals surface area contributed by atoms with Crippen LogP contribution in [0.5, 0.6) is 0 Å². The van der Waals surface area contributed by atoms with E-state index in [0.717, 1.165) is 25.9 Å². The molecule has 0 atom stereocenters. The fourth-order valence-electron chi connectivity index (χ4n) is 3.37. The van der Waals surface area contributed by atoms with Gasteiger partial charge in [-0.15, -0.1) is 24.8 Å². The lowest BCUT2D eigenvalue weighted by atomic mass is 9.79. The van der Waals surface area contributed by atoms with Crippen LogP contribution in [0.25, 0.3) is 11.0 Å². The molecule has 9 nitrogen and oxygen atoms in total. The minimum Gasteiger partial charge on any atom is -0.384 e. The summed E-state index contributed by atoms with van der Waals surface area (Å²) in [6, 6.07) is 1.46. The van der Waals surface area contributed by atoms with Crippen LogP contribution in [0.1, 0.15) is 23.2 Å². The molecule has 1 aliphatic rings. The Morgan fingerprint density at radius 2 is 2.00 bits per heavy atom. The summed E-state index contributed by atoms with van der Waals surface area (Å²) in [4.78, 5) is 42.5. The Balaban J connectivity index is 0.00000196. The lowest BCUT2D eigenvalue weighted by Crippen LogP contribution is -2.47. The van der Waals surface area contributed by atoms with Gasteiger partial charge in [0.05, 0.1) is 17.6 Å². The summed E-state index contributed by atoms with van der Waals surface area (Å²) in [5, 5.41) is 6.45. The molecule has 0 unspecified atom stereocenters. The molecular weight excluding hydrogens is 409 g/mol. The van der Waals surface area contributed by atoms with Crippen LogP contribution in [0, 0.1) is 5.41 Å². The maximum Gasteiger partial charge on any atom is 0.329 e. The zero-order chi connectivity index (χ0) is 18.7. The van der Waals surface area contributed by atoms with Crippen LogP contribution in [-0.4, -0.2) is 53.8 Å². The number of H-pyrrole nitrogens is 1. The van der Waals surface area contributed by atoms with Gasteiger partial charge in [0.1, 0.15) is 5.65 Å². The molecule has 28 heavy (non-hydrogen) atoms. The molecular formula is C17H25Cl2N5O4. The number of aromatic nitrogens is 3. The second-order valence-electron chi connectivity index (χ2n) is 6.78. The van der Waals surface area contributed by atoms with E-state index in [9.17, 15) is 14.4 Å². The number of aromatic amines is 1. The number of hydrogen-bond acceptors (Lipinski definition) is 6. The van der Waals surface area contributed by atoms with Gasteiger partial charge < -0.3 is 15.4 Å². The average Bonchev–Trinajstić information content (AvgIpc) is 2.65. The minimum atomic E-state index is -0.556. The van der Waals surface area contributed by atoms with Crippen LogP contribution in [0.15, 0.2) is 21.9 Å². The van der Waals surface area contributed by atoms with Crippen molar-refractivity contribution >= 4 is 41.8 Å². The van der Waals surface area contributed by atoms with Crippen LogP contribution in [0.2, 0.25) is 0 Å². The van der Waals surface area contributed by atoms with E-state index >= 15 is 0 Å². The highest BCUT2D eigenvalue weighted by atomic mass is 35.5. The van der Waals surface area contributed by atoms with E-state index in [0.29, 0.717) is 13.2 Å². The molecule has 1 saturated heterocycles. The van der Waals surface area contributed by atoms with Gasteiger partial charge in [0.25, 0.3) is 11.5 Å². The number of nitrogens with one attached hydrogen (secondary N) is 3. The van der Waals surface area contributed by atoms with Crippen LogP contribution < -0.4 is 21.9 Å². The molecule has 0 saturated carbocycles. The predicted octanol–water partition coefficient (Wildman–Crippen LogP) is 0.211. The molecule has 0 radical (unpaired) electrons. The predicted molar refractivity (Wildman–Crippen MR) is 111 cm³/mol. The normalized spacial score (nSPS) is 15.4. The molecule has 156 valence electrons. The highest BCUT2D eigenvalue weighted by molar-refractivity contribution is 5.96. The molecule has 3 heterocycles. The zero-order valence-corrected chi connectivity index (χ0v) is 17.4. The SMILES string of the molecule is COCC1(CNC(=O)c2cnc3c(c2)c(=O)[nH]c(=O)n3C)CCNCC1.Cl.Cl. The molecule has 0 spiro atoms. The number of amides is 1. The third-order valence-corrected chi connectivity index (χ3v) is 4.95. The van der Waals surface area contributed by atoms with E-state index < -0.39 is 11.2 Å². The van der Waals surface area contributed by atoms with Crippen molar-refractivity contribution in [1.29, 1.82) is 0 Å². The molecule has 2 aromatic heterocycles. The Labute approximate surface area is 174 Å². The molecule has 2 aromatic rings. The zero-order valence-electron chi connectivity index (χ0n) is 15.7. The smallest absolute Gasteiger partial charge is 0.329 e. The third-order valence-electron chi connectivity index (χ3n) is 4.95. The molecule has 3 rings (SSSR count). The maximum absolute atomic E-state index is 12.6. The number of halogens is 2. The van der Waals surface area contributed by atoms with Gasteiger partial charge in [0, 0.05) is 32.3 Å². The van der Waals surface area contributed by atoms with Crippen LogP contribution in [-0.2, 0) is 11.8 Å². The third kappa shape index (κ3) is 4.91. The number of hydrogen-bond donors (Lipinski definition) is 3. The monoisotopic (exact) mass is 433 g/mol. The van der Waals surface area contributed by atoms with Gasteiger partial charge in [-0.05, 0) is 32.0 Å². The van der Waals surface area contributed by atoms with E-state index in [1.54, 1.807) is 7.11 Å². The molecule has 1 fully saturated rings. The van der Waals surface area contributed by atoms with Gasteiger partial charge in [0.2, 0.25) is 0 Å². The standard InChI is InChI=1S/C17H23N5O4.2ClH/c1-22-13-12(15(24)21-16(22)25)7-11(8-19-13)14(23)20-9-17(10-26-2)3-5-18-6-4-17;;/h7-8,18H,3-6,9-10H2,1-2H3,(H,20,23)(H,21,24,25);2*1H. The maximum atomic E-state index is 12.6. The van der Waals surface area contributed by atoms with Crippen molar-refractivity contribution in [2.75, 3.05) is 33.4 Å². The highest BCUT2D eigenvalue weighted by Gasteiger charge is 2.32. The van der Waals surface area contributed by atoms with E-state index in [4.69, 9.17) is 4.74 Å². The summed E-state index contributed by atoms with van der Waals surface area (Å²) >= 11 is 0. The van der Waals surface area contributed by atoms with Crippen LogP contribution in [0.4, 0.5) is 0 Å². The quantitative estimate of drug-likeness (QED) is 0.620. The Morgan fingerprint density at radius 3 is 2.64 bits per heavy atom. The molecule has 11 heteroatoms. The van der Waals surface area contributed by atoms with E-state index in [-0.39, 0.29) is 52.7 Å². The van der Waals surface area contributed by atoms with Gasteiger partial charge in [0.15, 0.2) is 0 Å². The fraction of sp³-hybridized carbons (Fsp3) is 0.529. The van der Waals surface area contributed by atoms with Crippen molar-refractivity contribution in [1.82, 2.24) is 25.2 Å². The summed E-state index contributed by atoms with van der Waals surface area (Å²) in [5.74, 6) is -0.304. The first kappa shape index (κ1) is 24.1. The topological polar surface area (TPSA) is 118 Å². The van der Waals surface area contributed by atoms with Gasteiger partial charge >= 0.3 is 5.69 Å². The highest BCUT2D eigenvalue weighted by Crippen LogP contribution is 2.28. The van der Waals surface area contributed by atoms with E-state index in [1.165, 1.54) is 23.9 Å². The Bertz CT molecular complexity index is 932. The number of fused-ring (bicyclic) bond motifs is 1. The van der Waals surface area contributed by atoms with Crippen molar-refractivity contribution in [3.05, 3.63) is 38.7 Å². The van der Waals surface area contributed by atoms with Gasteiger partial charge in [-0.2, -0.15) is 0 Å². The summed E-state index contributed by atoms with van der Waals surface area (Å²) < 4.78 is 6.59. The second kappa shape index (κ2) is 10.0. The first-order valence-corrected chi connectivity index (χ1v) is 8.53. The first-order chi connectivity index (χ1) is 12.5. The Hall–Kier alpha value is -1.94. The number of rotatable bonds is 5. The number of carbonyl (C=O) groups excluding carboxylic acids is 1. The van der Waals surface area contributed by atoms with E-state index in [1.807, 2.05) is 0 Å². The summed E-state index contributed by atoms with van der Waals surface area (Å²) in [7, 11) is 3.17. The van der Waals surface area contributed by atoms with Crippen LogP contribution in [0.3, 0.4) is 0 Å². The number of nitrogens with zero attached hydrogens (tertiary/aromatic N) is 2. The number of ether oxygens (including phenoxy) is 1. The molecule has 1 amide bonds. The number of methoxy groups -OCH3 is 1. The second-order valence-corrected chi connectivity index (χ2v) is 6.78. The van der Waals surface area contributed by atoms with E-state index in [2.05, 4.69) is 20.6 Å². The molecule has 3 N–H and O–H groups in total. The lowest BCUT2D eigenvalue weighted by molar-refractivity contribution is 0.0511. The Kier molecular flexibility index (Phi) is 8.62. The number of piperidine rings is 1. The average molecular weight is 434 g/mol. The Morgan fingerprint density at radius 1 is 1.32 bits per heavy atom. The number of aryl methyl sites for hydroxylation is 1. The van der Waals surface area contributed by atoms with Crippen molar-refractivity contribution < 1.29 is 9.53 Å². The van der Waals surface area contributed by atoms with Gasteiger partial charge in [-0.3, -0.25) is 19.1 Å². The van der Waals surface area contributed by atoms with Crippen molar-refractivity contribution in [3.63, 3.8) is 0 Å². The van der Waals surface area contributed by atoms with Crippen molar-refractivity contribution in [2.24, 2.45) is 12.5 Å². The van der Waals surface area contributed by atoms with Gasteiger partial charge in [-0.1, -0.05) is 0 Å². The lowest BCUT2D eigenvalue weighted by Gasteiger charge is -2.37. The van der Waals surface area contributed by atoms with Crippen molar-refractivity contribution in [2.45, 2.75) is 12.8 Å². The fourth-order valence-corrected chi connectivity index (χ4v) is 3.37. The minimum absolute atomic E-state index is 0. The number of pyridine rings is 1. The molecule has 1 aliphatic heterocycles. The summed E-state index contributed by atoms with van der Waals surface area (Å²) in [5.41, 5.74) is -0.673. The molecule has 0 bridgehead atoms. The van der Waals surface area contributed by atoms with Crippen molar-refractivity contribution in [3.8, 4) is 0 Å². The largest absolute Gasteiger partial charge is 0.384 e. The number of carbonyl (C=O) groups is 1. The summed E-state index contributed by atoms with van der Waals surface area (Å²) in [6.45, 7) is 2.84. The van der Waals surface area contributed by atoms with Crippen LogP contribution >= 0.6 is 24.8 Å². The molecule has 0 aliphatic carbocycles. The van der Waals surface area contributed by atoms with Gasteiger partial charge in [-0.25, -0.2) is 9.78 Å². The summed E-state index contributed by atoms with van der Waals surface area (Å²) in [6.07, 6.45) is 3.21. The molecule has 0 aromatic carbocycles.